The van der Waals surface area contributed by atoms with E-state index in [2.05, 4.69) is 4.98 Å². The van der Waals surface area contributed by atoms with Gasteiger partial charge in [-0.25, -0.2) is 13.2 Å². The van der Waals surface area contributed by atoms with Crippen LogP contribution in [0.15, 0.2) is 6.20 Å². The predicted octanol–water partition coefficient (Wildman–Crippen LogP) is 2.13. The van der Waals surface area contributed by atoms with Crippen molar-refractivity contribution in [1.82, 2.24) is 4.98 Å². The molecule has 0 unspecified atom stereocenters. The van der Waals surface area contributed by atoms with Crippen LogP contribution in [-0.2, 0) is 6.42 Å². The summed E-state index contributed by atoms with van der Waals surface area (Å²) in [7, 11) is 0. The lowest BCUT2D eigenvalue weighted by molar-refractivity contribution is -0.391. The van der Waals surface area contributed by atoms with Crippen LogP contribution in [0.5, 0.6) is 0 Å². The zero-order valence-electron chi connectivity index (χ0n) is 7.65. The Balaban J connectivity index is 3.43. The summed E-state index contributed by atoms with van der Waals surface area (Å²) in [6, 6.07) is 1.54. The van der Waals surface area contributed by atoms with Crippen LogP contribution in [-0.4, -0.2) is 9.91 Å². The number of halogens is 3. The van der Waals surface area contributed by atoms with Gasteiger partial charge in [0.05, 0.1) is 12.5 Å². The zero-order chi connectivity index (χ0) is 12.3. The second-order valence-corrected chi connectivity index (χ2v) is 2.73. The fourth-order valence-electron chi connectivity index (χ4n) is 1.08. The van der Waals surface area contributed by atoms with E-state index in [1.807, 2.05) is 0 Å². The summed E-state index contributed by atoms with van der Waals surface area (Å²) in [5.41, 5.74) is -1.76. The van der Waals surface area contributed by atoms with E-state index in [0.717, 1.165) is 0 Å². The van der Waals surface area contributed by atoms with E-state index >= 15 is 0 Å². The molecule has 16 heavy (non-hydrogen) atoms. The largest absolute Gasteiger partial charge is 0.375 e. The third-order valence-electron chi connectivity index (χ3n) is 1.76. The highest BCUT2D eigenvalue weighted by atomic mass is 19.3. The normalized spacial score (nSPS) is 10.2. The summed E-state index contributed by atoms with van der Waals surface area (Å²) in [4.78, 5) is 12.2. The molecule has 0 atom stereocenters. The number of alkyl halides is 2. The Morgan fingerprint density at radius 3 is 2.69 bits per heavy atom. The number of nitrogens with zero attached hydrogens (tertiary/aromatic N) is 3. The molecule has 5 nitrogen and oxygen atoms in total. The van der Waals surface area contributed by atoms with Crippen molar-refractivity contribution in [3.05, 3.63) is 33.3 Å². The minimum absolute atomic E-state index is 0.386. The van der Waals surface area contributed by atoms with Crippen molar-refractivity contribution in [2.24, 2.45) is 0 Å². The Morgan fingerprint density at radius 2 is 2.25 bits per heavy atom. The Morgan fingerprint density at radius 1 is 1.62 bits per heavy atom. The molecular weight excluding hydrogens is 227 g/mol. The van der Waals surface area contributed by atoms with Crippen LogP contribution in [0.1, 0.15) is 17.6 Å². The zero-order valence-corrected chi connectivity index (χ0v) is 7.65. The van der Waals surface area contributed by atoms with Gasteiger partial charge in [0.2, 0.25) is 0 Å². The number of nitro groups is 1. The minimum atomic E-state index is -3.36. The minimum Gasteiger partial charge on any atom is -0.358 e. The van der Waals surface area contributed by atoms with E-state index in [0.29, 0.717) is 6.20 Å². The second-order valence-electron chi connectivity index (χ2n) is 2.73. The fraction of sp³-hybridized carbons (Fsp3) is 0.250. The molecule has 1 aromatic heterocycles. The van der Waals surface area contributed by atoms with Crippen LogP contribution in [0, 0.1) is 27.3 Å². The number of pyridine rings is 1. The smallest absolute Gasteiger partial charge is 0.358 e. The van der Waals surface area contributed by atoms with E-state index in [1.165, 1.54) is 0 Å². The maximum Gasteiger partial charge on any atom is 0.375 e. The average Bonchev–Trinajstić information content (AvgIpc) is 2.20. The molecule has 0 amide bonds. The molecule has 0 aliphatic carbocycles. The van der Waals surface area contributed by atoms with Gasteiger partial charge < -0.3 is 10.1 Å². The molecule has 1 heterocycles. The Hall–Kier alpha value is -2.17. The molecule has 0 aliphatic rings. The molecule has 1 rings (SSSR count). The summed E-state index contributed by atoms with van der Waals surface area (Å²) in [6.07, 6.45) is -3.12. The summed E-state index contributed by atoms with van der Waals surface area (Å²) in [5.74, 6) is -2.67. The molecule has 0 radical (unpaired) electrons. The number of hydrogen-bond acceptors (Lipinski definition) is 4. The van der Waals surface area contributed by atoms with Crippen molar-refractivity contribution in [2.45, 2.75) is 12.8 Å². The molecule has 0 aromatic carbocycles. The standard InChI is InChI=1S/C8H4F3N3O2/c9-6-4(1-2-12)3-13-8(14(15)16)5(6)7(10)11/h3,7H,1H2. The third kappa shape index (κ3) is 2.08. The monoisotopic (exact) mass is 231 g/mol. The van der Waals surface area contributed by atoms with Gasteiger partial charge in [-0.1, -0.05) is 0 Å². The van der Waals surface area contributed by atoms with Crippen molar-refractivity contribution in [2.75, 3.05) is 0 Å². The predicted molar refractivity (Wildman–Crippen MR) is 45.1 cm³/mol. The lowest BCUT2D eigenvalue weighted by Crippen LogP contribution is -2.05. The van der Waals surface area contributed by atoms with Gasteiger partial charge in [0, 0.05) is 5.56 Å². The van der Waals surface area contributed by atoms with Gasteiger partial charge in [-0.05, 0) is 9.91 Å². The van der Waals surface area contributed by atoms with Crippen LogP contribution in [0.3, 0.4) is 0 Å². The lowest BCUT2D eigenvalue weighted by Gasteiger charge is -2.04. The maximum atomic E-state index is 13.4. The molecule has 0 fully saturated rings. The first-order valence-corrected chi connectivity index (χ1v) is 3.95. The highest BCUT2D eigenvalue weighted by molar-refractivity contribution is 5.38. The van der Waals surface area contributed by atoms with Crippen molar-refractivity contribution in [3.8, 4) is 6.07 Å². The Kier molecular flexibility index (Phi) is 3.40. The first kappa shape index (κ1) is 11.9. The topological polar surface area (TPSA) is 79.8 Å². The molecule has 0 spiro atoms. The van der Waals surface area contributed by atoms with Crippen molar-refractivity contribution < 1.29 is 18.1 Å². The fourth-order valence-corrected chi connectivity index (χ4v) is 1.08. The average molecular weight is 231 g/mol. The van der Waals surface area contributed by atoms with Gasteiger partial charge in [-0.15, -0.1) is 0 Å². The molecule has 0 saturated heterocycles. The van der Waals surface area contributed by atoms with E-state index < -0.39 is 35.0 Å². The van der Waals surface area contributed by atoms with Crippen molar-refractivity contribution >= 4 is 5.82 Å². The SMILES string of the molecule is N#CCc1cnc([N+](=O)[O-])c(C(F)F)c1F. The molecule has 0 aliphatic heterocycles. The van der Waals surface area contributed by atoms with E-state index in [-0.39, 0.29) is 5.56 Å². The number of rotatable bonds is 3. The van der Waals surface area contributed by atoms with Gasteiger partial charge in [0.1, 0.15) is 12.0 Å². The Labute approximate surface area is 87.3 Å². The number of aromatic nitrogens is 1. The number of hydrogen-bond donors (Lipinski definition) is 0. The van der Waals surface area contributed by atoms with Crippen LogP contribution < -0.4 is 0 Å². The lowest BCUT2D eigenvalue weighted by atomic mass is 10.1. The summed E-state index contributed by atoms with van der Waals surface area (Å²) >= 11 is 0. The van der Waals surface area contributed by atoms with Gasteiger partial charge in [0.15, 0.2) is 5.56 Å². The maximum absolute atomic E-state index is 13.4. The van der Waals surface area contributed by atoms with Crippen molar-refractivity contribution in [3.63, 3.8) is 0 Å². The first-order chi connectivity index (χ1) is 7.49. The van der Waals surface area contributed by atoms with Crippen LogP contribution in [0.2, 0.25) is 0 Å². The highest BCUT2D eigenvalue weighted by Crippen LogP contribution is 2.31. The molecule has 84 valence electrons. The van der Waals surface area contributed by atoms with Gasteiger partial charge in [-0.2, -0.15) is 5.26 Å². The second kappa shape index (κ2) is 4.57. The van der Waals surface area contributed by atoms with Crippen LogP contribution in [0.4, 0.5) is 19.0 Å². The van der Waals surface area contributed by atoms with Gasteiger partial charge >= 0.3 is 5.82 Å². The molecule has 0 saturated carbocycles. The first-order valence-electron chi connectivity index (χ1n) is 3.95. The Bertz CT molecular complexity index is 470. The summed E-state index contributed by atoms with van der Waals surface area (Å²) in [5, 5.41) is 18.6. The molecule has 8 heteroatoms. The van der Waals surface area contributed by atoms with Crippen molar-refractivity contribution in [1.29, 1.82) is 5.26 Å². The van der Waals surface area contributed by atoms with E-state index in [4.69, 9.17) is 5.26 Å². The molecule has 0 bridgehead atoms. The van der Waals surface area contributed by atoms with Crippen LogP contribution >= 0.6 is 0 Å². The summed E-state index contributed by atoms with van der Waals surface area (Å²) in [6.45, 7) is 0. The van der Waals surface area contributed by atoms with Gasteiger partial charge in [-0.3, -0.25) is 0 Å². The highest BCUT2D eigenvalue weighted by Gasteiger charge is 2.29. The molecular formula is C8H4F3N3O2. The summed E-state index contributed by atoms with van der Waals surface area (Å²) < 4.78 is 38.2. The number of nitriles is 1. The van der Waals surface area contributed by atoms with E-state index in [1.54, 1.807) is 6.07 Å². The third-order valence-corrected chi connectivity index (χ3v) is 1.76. The van der Waals surface area contributed by atoms with Crippen LogP contribution in [0.25, 0.3) is 0 Å². The van der Waals surface area contributed by atoms with Gasteiger partial charge in [0.25, 0.3) is 6.43 Å². The van der Waals surface area contributed by atoms with E-state index in [9.17, 15) is 23.3 Å². The quantitative estimate of drug-likeness (QED) is 0.589. The molecule has 0 N–H and O–H groups in total. The molecule has 1 aromatic rings.